The maximum atomic E-state index is 13.1. The van der Waals surface area contributed by atoms with Gasteiger partial charge in [0.15, 0.2) is 0 Å². The molecule has 3 nitrogen and oxygen atoms in total. The number of carbonyl (C=O) groups excluding carboxylic acids is 1. The molecule has 1 amide bonds. The number of hydrogen-bond acceptors (Lipinski definition) is 2. The summed E-state index contributed by atoms with van der Waals surface area (Å²) in [5.74, 6) is -0.557. The highest BCUT2D eigenvalue weighted by molar-refractivity contribution is 14.1. The highest BCUT2D eigenvalue weighted by Crippen LogP contribution is 2.21. The van der Waals surface area contributed by atoms with Gasteiger partial charge >= 0.3 is 0 Å². The monoisotopic (exact) mass is 396 g/mol. The average Bonchev–Trinajstić information content (AvgIpc) is 2.47. The summed E-state index contributed by atoms with van der Waals surface area (Å²) >= 11 is 1.97. The van der Waals surface area contributed by atoms with Crippen molar-refractivity contribution in [3.05, 3.63) is 62.5 Å². The first-order valence-corrected chi connectivity index (χ1v) is 7.80. The zero-order chi connectivity index (χ0) is 14.8. The number of rotatable bonds is 2. The van der Waals surface area contributed by atoms with Gasteiger partial charge in [0.2, 0.25) is 0 Å². The molecule has 0 saturated carbocycles. The molecule has 0 atom stereocenters. The SMILES string of the molecule is O=C(Nc1ccc2c(c1)CNCC2)c1ccc(F)cc1I. The van der Waals surface area contributed by atoms with Gasteiger partial charge in [-0.25, -0.2) is 4.39 Å². The molecule has 2 aromatic carbocycles. The highest BCUT2D eigenvalue weighted by Gasteiger charge is 2.13. The second kappa shape index (κ2) is 6.11. The van der Waals surface area contributed by atoms with Crippen LogP contribution in [0.3, 0.4) is 0 Å². The van der Waals surface area contributed by atoms with Crippen LogP contribution in [0.4, 0.5) is 10.1 Å². The van der Waals surface area contributed by atoms with Crippen LogP contribution in [0.25, 0.3) is 0 Å². The summed E-state index contributed by atoms with van der Waals surface area (Å²) in [6.07, 6.45) is 1.01. The van der Waals surface area contributed by atoms with Crippen molar-refractivity contribution in [3.8, 4) is 0 Å². The van der Waals surface area contributed by atoms with Crippen LogP contribution in [-0.2, 0) is 13.0 Å². The molecule has 0 unspecified atom stereocenters. The van der Waals surface area contributed by atoms with Gasteiger partial charge in [-0.3, -0.25) is 4.79 Å². The number of fused-ring (bicyclic) bond motifs is 1. The lowest BCUT2D eigenvalue weighted by atomic mass is 10.0. The van der Waals surface area contributed by atoms with E-state index in [-0.39, 0.29) is 11.7 Å². The van der Waals surface area contributed by atoms with Gasteiger partial charge < -0.3 is 10.6 Å². The van der Waals surface area contributed by atoms with E-state index in [1.54, 1.807) is 0 Å². The second-order valence-electron chi connectivity index (χ2n) is 4.99. The lowest BCUT2D eigenvalue weighted by Crippen LogP contribution is -2.23. The first-order chi connectivity index (χ1) is 10.1. The Hall–Kier alpha value is -1.47. The smallest absolute Gasteiger partial charge is 0.256 e. The fraction of sp³-hybridized carbons (Fsp3) is 0.188. The zero-order valence-corrected chi connectivity index (χ0v) is 13.4. The largest absolute Gasteiger partial charge is 0.322 e. The van der Waals surface area contributed by atoms with Gasteiger partial charge in [0.25, 0.3) is 5.91 Å². The molecule has 3 rings (SSSR count). The fourth-order valence-electron chi connectivity index (χ4n) is 2.43. The van der Waals surface area contributed by atoms with E-state index in [4.69, 9.17) is 0 Å². The van der Waals surface area contributed by atoms with E-state index in [1.807, 2.05) is 34.7 Å². The summed E-state index contributed by atoms with van der Waals surface area (Å²) in [5.41, 5.74) is 3.78. The molecule has 5 heteroatoms. The Labute approximate surface area is 136 Å². The van der Waals surface area contributed by atoms with Crippen molar-refractivity contribution in [2.24, 2.45) is 0 Å². The summed E-state index contributed by atoms with van der Waals surface area (Å²) in [4.78, 5) is 12.3. The molecule has 1 heterocycles. The van der Waals surface area contributed by atoms with E-state index in [9.17, 15) is 9.18 Å². The van der Waals surface area contributed by atoms with Crippen LogP contribution in [0.2, 0.25) is 0 Å². The molecule has 0 fully saturated rings. The molecule has 0 radical (unpaired) electrons. The highest BCUT2D eigenvalue weighted by atomic mass is 127. The number of carbonyl (C=O) groups is 1. The topological polar surface area (TPSA) is 41.1 Å². The van der Waals surface area contributed by atoms with Gasteiger partial charge in [-0.1, -0.05) is 6.07 Å². The van der Waals surface area contributed by atoms with E-state index in [1.165, 1.54) is 29.3 Å². The summed E-state index contributed by atoms with van der Waals surface area (Å²) < 4.78 is 13.7. The van der Waals surface area contributed by atoms with Crippen LogP contribution < -0.4 is 10.6 Å². The lowest BCUT2D eigenvalue weighted by molar-refractivity contribution is 0.102. The van der Waals surface area contributed by atoms with E-state index >= 15 is 0 Å². The number of nitrogens with one attached hydrogen (secondary N) is 2. The van der Waals surface area contributed by atoms with Crippen LogP contribution in [0.5, 0.6) is 0 Å². The van der Waals surface area contributed by atoms with Crippen molar-refractivity contribution in [2.75, 3.05) is 11.9 Å². The Balaban J connectivity index is 1.81. The van der Waals surface area contributed by atoms with Crippen LogP contribution in [0, 0.1) is 9.39 Å². The van der Waals surface area contributed by atoms with Crippen molar-refractivity contribution in [1.29, 1.82) is 0 Å². The first-order valence-electron chi connectivity index (χ1n) is 6.72. The minimum absolute atomic E-state index is 0.219. The molecule has 0 aliphatic carbocycles. The Kier molecular flexibility index (Phi) is 4.21. The predicted octanol–water partition coefficient (Wildman–Crippen LogP) is 3.33. The summed E-state index contributed by atoms with van der Waals surface area (Å²) in [5, 5.41) is 6.19. The number of benzene rings is 2. The molecule has 1 aliphatic rings. The third kappa shape index (κ3) is 3.24. The van der Waals surface area contributed by atoms with Gasteiger partial charge in [0.05, 0.1) is 5.56 Å². The first kappa shape index (κ1) is 14.5. The Morgan fingerprint density at radius 3 is 2.86 bits per heavy atom. The predicted molar refractivity (Wildman–Crippen MR) is 88.9 cm³/mol. The second-order valence-corrected chi connectivity index (χ2v) is 6.15. The summed E-state index contributed by atoms with van der Waals surface area (Å²) in [6, 6.07) is 10.1. The quantitative estimate of drug-likeness (QED) is 0.765. The maximum absolute atomic E-state index is 13.1. The fourth-order valence-corrected chi connectivity index (χ4v) is 3.15. The van der Waals surface area contributed by atoms with Gasteiger partial charge in [-0.15, -0.1) is 0 Å². The molecule has 2 aromatic rings. The normalized spacial score (nSPS) is 13.6. The Bertz CT molecular complexity index is 703. The van der Waals surface area contributed by atoms with E-state index in [0.717, 1.165) is 25.2 Å². The molecule has 0 bridgehead atoms. The van der Waals surface area contributed by atoms with Crippen molar-refractivity contribution in [1.82, 2.24) is 5.32 Å². The van der Waals surface area contributed by atoms with Crippen molar-refractivity contribution in [3.63, 3.8) is 0 Å². The van der Waals surface area contributed by atoms with Crippen molar-refractivity contribution >= 4 is 34.2 Å². The third-order valence-corrected chi connectivity index (χ3v) is 4.42. The van der Waals surface area contributed by atoms with Gasteiger partial charge in [-0.05, 0) is 77.0 Å². The van der Waals surface area contributed by atoms with E-state index in [0.29, 0.717) is 9.13 Å². The van der Waals surface area contributed by atoms with Crippen molar-refractivity contribution < 1.29 is 9.18 Å². The van der Waals surface area contributed by atoms with Crippen molar-refractivity contribution in [2.45, 2.75) is 13.0 Å². The Morgan fingerprint density at radius 1 is 1.19 bits per heavy atom. The molecule has 0 spiro atoms. The van der Waals surface area contributed by atoms with Gasteiger partial charge in [0, 0.05) is 15.8 Å². The van der Waals surface area contributed by atoms with Crippen LogP contribution in [0.1, 0.15) is 21.5 Å². The maximum Gasteiger partial charge on any atom is 0.256 e. The third-order valence-electron chi connectivity index (χ3n) is 3.53. The molecule has 21 heavy (non-hydrogen) atoms. The summed E-state index contributed by atoms with van der Waals surface area (Å²) in [7, 11) is 0. The minimum Gasteiger partial charge on any atom is -0.322 e. The Morgan fingerprint density at radius 2 is 2.05 bits per heavy atom. The van der Waals surface area contributed by atoms with Crippen LogP contribution >= 0.6 is 22.6 Å². The van der Waals surface area contributed by atoms with Gasteiger partial charge in [-0.2, -0.15) is 0 Å². The summed E-state index contributed by atoms with van der Waals surface area (Å²) in [6.45, 7) is 1.82. The zero-order valence-electron chi connectivity index (χ0n) is 11.2. The molecule has 108 valence electrons. The minimum atomic E-state index is -0.337. The molecular formula is C16H14FIN2O. The molecule has 0 saturated heterocycles. The number of anilines is 1. The van der Waals surface area contributed by atoms with Crippen LogP contribution in [0.15, 0.2) is 36.4 Å². The standard InChI is InChI=1S/C16H14FIN2O/c17-12-2-4-14(15(18)8-12)16(21)20-13-3-1-10-5-6-19-9-11(10)7-13/h1-4,7-8,19H,5-6,9H2,(H,20,21). The molecule has 2 N–H and O–H groups in total. The van der Waals surface area contributed by atoms with E-state index in [2.05, 4.69) is 16.7 Å². The molecule has 1 aliphatic heterocycles. The molecule has 0 aromatic heterocycles. The number of hydrogen-bond donors (Lipinski definition) is 2. The van der Waals surface area contributed by atoms with Gasteiger partial charge in [0.1, 0.15) is 5.82 Å². The number of halogens is 2. The van der Waals surface area contributed by atoms with Crippen LogP contribution in [-0.4, -0.2) is 12.5 Å². The lowest BCUT2D eigenvalue weighted by Gasteiger charge is -2.18. The van der Waals surface area contributed by atoms with E-state index < -0.39 is 0 Å². The number of amides is 1. The average molecular weight is 396 g/mol. The molecular weight excluding hydrogens is 382 g/mol.